The monoisotopic (exact) mass is 282 g/mol. The average Bonchev–Trinajstić information content (AvgIpc) is 2.56. The summed E-state index contributed by atoms with van der Waals surface area (Å²) in [5.41, 5.74) is 7.31. The molecule has 0 aliphatic carbocycles. The second-order valence-corrected chi connectivity index (χ2v) is 5.14. The van der Waals surface area contributed by atoms with E-state index < -0.39 is 0 Å². The summed E-state index contributed by atoms with van der Waals surface area (Å²) >= 11 is 1.87. The molecular formula is C11H20Cl2N2S. The van der Waals surface area contributed by atoms with Crippen LogP contribution in [0.2, 0.25) is 0 Å². The van der Waals surface area contributed by atoms with Gasteiger partial charge in [-0.1, -0.05) is 0 Å². The van der Waals surface area contributed by atoms with Crippen LogP contribution in [0.3, 0.4) is 0 Å². The van der Waals surface area contributed by atoms with Gasteiger partial charge < -0.3 is 5.73 Å². The molecule has 0 unspecified atom stereocenters. The first kappa shape index (κ1) is 16.2. The number of aryl methyl sites for hydroxylation is 1. The molecule has 1 aliphatic rings. The van der Waals surface area contributed by atoms with Crippen LogP contribution in [0.25, 0.3) is 0 Å². The molecule has 1 aliphatic heterocycles. The highest BCUT2D eigenvalue weighted by molar-refractivity contribution is 7.10. The zero-order valence-electron chi connectivity index (χ0n) is 9.52. The molecule has 0 bridgehead atoms. The minimum atomic E-state index is 0. The molecule has 1 aromatic heterocycles. The molecule has 1 saturated heterocycles. The smallest absolute Gasteiger partial charge is 0.0330 e. The van der Waals surface area contributed by atoms with Crippen LogP contribution in [0.15, 0.2) is 11.4 Å². The maximum Gasteiger partial charge on any atom is 0.0330 e. The van der Waals surface area contributed by atoms with Gasteiger partial charge in [0.1, 0.15) is 0 Å². The molecule has 2 heterocycles. The average molecular weight is 283 g/mol. The maximum absolute atomic E-state index is 5.88. The maximum atomic E-state index is 5.88. The quantitative estimate of drug-likeness (QED) is 0.904. The Morgan fingerprint density at radius 3 is 2.50 bits per heavy atom. The summed E-state index contributed by atoms with van der Waals surface area (Å²) in [6.07, 6.45) is 2.31. The first-order chi connectivity index (χ1) is 6.75. The van der Waals surface area contributed by atoms with Crippen LogP contribution >= 0.6 is 36.2 Å². The van der Waals surface area contributed by atoms with Gasteiger partial charge in [0.2, 0.25) is 0 Å². The Morgan fingerprint density at radius 1 is 1.38 bits per heavy atom. The van der Waals surface area contributed by atoms with E-state index >= 15 is 0 Å². The lowest BCUT2D eigenvalue weighted by molar-refractivity contribution is 0.207. The number of nitrogens with two attached hydrogens (primary N) is 1. The molecule has 2 N–H and O–H groups in total. The molecule has 0 saturated carbocycles. The summed E-state index contributed by atoms with van der Waals surface area (Å²) in [4.78, 5) is 4.03. The first-order valence-electron chi connectivity index (χ1n) is 5.26. The molecule has 0 radical (unpaired) electrons. The molecule has 0 spiro atoms. The molecule has 0 amide bonds. The number of hydrogen-bond acceptors (Lipinski definition) is 3. The minimum absolute atomic E-state index is 0. The lowest BCUT2D eigenvalue weighted by atomic mass is 10.1. The minimum Gasteiger partial charge on any atom is -0.328 e. The Hall–Kier alpha value is 0.200. The predicted molar refractivity (Wildman–Crippen MR) is 76.0 cm³/mol. The molecule has 16 heavy (non-hydrogen) atoms. The van der Waals surface area contributed by atoms with Gasteiger partial charge >= 0.3 is 0 Å². The summed E-state index contributed by atoms with van der Waals surface area (Å²) in [6, 6.07) is 2.64. The van der Waals surface area contributed by atoms with Crippen molar-refractivity contribution >= 4 is 36.2 Å². The number of rotatable bonds is 2. The second kappa shape index (κ2) is 7.51. The van der Waals surface area contributed by atoms with Gasteiger partial charge in [0.05, 0.1) is 0 Å². The van der Waals surface area contributed by atoms with Crippen molar-refractivity contribution in [1.29, 1.82) is 0 Å². The number of thiophene rings is 1. The lowest BCUT2D eigenvalue weighted by Crippen LogP contribution is -2.39. The highest BCUT2D eigenvalue weighted by Crippen LogP contribution is 2.19. The van der Waals surface area contributed by atoms with Gasteiger partial charge in [0.15, 0.2) is 0 Å². The molecule has 2 nitrogen and oxygen atoms in total. The van der Waals surface area contributed by atoms with E-state index in [2.05, 4.69) is 23.3 Å². The van der Waals surface area contributed by atoms with Gasteiger partial charge in [-0.05, 0) is 49.9 Å². The third kappa shape index (κ3) is 4.22. The van der Waals surface area contributed by atoms with Gasteiger partial charge in [0, 0.05) is 17.5 Å². The normalized spacial score (nSPS) is 17.6. The molecule has 1 fully saturated rings. The van der Waals surface area contributed by atoms with E-state index in [1.54, 1.807) is 0 Å². The number of halogens is 2. The predicted octanol–water partition coefficient (Wildman–Crippen LogP) is 2.82. The first-order valence-corrected chi connectivity index (χ1v) is 6.14. The summed E-state index contributed by atoms with van der Waals surface area (Å²) in [5, 5.41) is 2.18. The van der Waals surface area contributed by atoms with Crippen LogP contribution in [0.5, 0.6) is 0 Å². The Morgan fingerprint density at radius 2 is 2.00 bits per heavy atom. The fourth-order valence-electron chi connectivity index (χ4n) is 1.88. The SMILES string of the molecule is Cc1ccsc1CN1CCC(N)CC1.Cl.Cl. The van der Waals surface area contributed by atoms with E-state index in [1.165, 1.54) is 23.5 Å². The van der Waals surface area contributed by atoms with E-state index in [0.717, 1.165) is 19.4 Å². The van der Waals surface area contributed by atoms with Crippen molar-refractivity contribution in [3.63, 3.8) is 0 Å². The summed E-state index contributed by atoms with van der Waals surface area (Å²) in [7, 11) is 0. The van der Waals surface area contributed by atoms with Gasteiger partial charge in [-0.3, -0.25) is 4.90 Å². The molecule has 1 aromatic rings. The molecule has 94 valence electrons. The van der Waals surface area contributed by atoms with Crippen molar-refractivity contribution in [2.24, 2.45) is 5.73 Å². The van der Waals surface area contributed by atoms with Crippen molar-refractivity contribution < 1.29 is 0 Å². The number of nitrogens with zero attached hydrogens (tertiary/aromatic N) is 1. The standard InChI is InChI=1S/C11H18N2S.2ClH/c1-9-4-7-14-11(9)8-13-5-2-10(12)3-6-13;;/h4,7,10H,2-3,5-6,8,12H2,1H3;2*1H. The van der Waals surface area contributed by atoms with Crippen LogP contribution in [0.4, 0.5) is 0 Å². The second-order valence-electron chi connectivity index (χ2n) is 4.14. The molecule has 0 aromatic carbocycles. The Balaban J connectivity index is 0.00000112. The lowest BCUT2D eigenvalue weighted by Gasteiger charge is -2.29. The Kier molecular flexibility index (Phi) is 7.61. The van der Waals surface area contributed by atoms with Gasteiger partial charge in [-0.2, -0.15) is 0 Å². The van der Waals surface area contributed by atoms with Gasteiger partial charge in [-0.25, -0.2) is 0 Å². The van der Waals surface area contributed by atoms with Crippen LogP contribution in [-0.2, 0) is 6.54 Å². The summed E-state index contributed by atoms with van der Waals surface area (Å²) in [5.74, 6) is 0. The fraction of sp³-hybridized carbons (Fsp3) is 0.636. The zero-order chi connectivity index (χ0) is 9.97. The van der Waals surface area contributed by atoms with Crippen LogP contribution in [0, 0.1) is 6.92 Å². The number of hydrogen-bond donors (Lipinski definition) is 1. The number of likely N-dealkylation sites (tertiary alicyclic amines) is 1. The van der Waals surface area contributed by atoms with E-state index in [4.69, 9.17) is 5.73 Å². The van der Waals surface area contributed by atoms with E-state index in [-0.39, 0.29) is 24.8 Å². The van der Waals surface area contributed by atoms with Crippen molar-refractivity contribution in [2.45, 2.75) is 32.4 Å². The van der Waals surface area contributed by atoms with E-state index in [1.807, 2.05) is 11.3 Å². The zero-order valence-corrected chi connectivity index (χ0v) is 12.0. The summed E-state index contributed by atoms with van der Waals surface area (Å²) in [6.45, 7) is 5.65. The molecule has 2 rings (SSSR count). The third-order valence-electron chi connectivity index (χ3n) is 2.97. The highest BCUT2D eigenvalue weighted by Gasteiger charge is 2.16. The highest BCUT2D eigenvalue weighted by atomic mass is 35.5. The summed E-state index contributed by atoms with van der Waals surface area (Å²) < 4.78 is 0. The van der Waals surface area contributed by atoms with Gasteiger partial charge in [-0.15, -0.1) is 36.2 Å². The van der Waals surface area contributed by atoms with E-state index in [9.17, 15) is 0 Å². The van der Waals surface area contributed by atoms with Crippen LogP contribution in [0.1, 0.15) is 23.3 Å². The number of piperidine rings is 1. The fourth-order valence-corrected chi connectivity index (χ4v) is 2.83. The van der Waals surface area contributed by atoms with Gasteiger partial charge in [0.25, 0.3) is 0 Å². The molecular weight excluding hydrogens is 263 g/mol. The Labute approximate surface area is 114 Å². The van der Waals surface area contributed by atoms with Crippen molar-refractivity contribution in [3.8, 4) is 0 Å². The van der Waals surface area contributed by atoms with Crippen molar-refractivity contribution in [1.82, 2.24) is 4.90 Å². The van der Waals surface area contributed by atoms with Crippen LogP contribution < -0.4 is 5.73 Å². The third-order valence-corrected chi connectivity index (χ3v) is 3.98. The molecule has 5 heteroatoms. The van der Waals surface area contributed by atoms with Crippen LogP contribution in [-0.4, -0.2) is 24.0 Å². The largest absolute Gasteiger partial charge is 0.328 e. The molecule has 0 atom stereocenters. The Bertz CT molecular complexity index is 296. The van der Waals surface area contributed by atoms with Crippen molar-refractivity contribution in [3.05, 3.63) is 21.9 Å². The topological polar surface area (TPSA) is 29.3 Å². The van der Waals surface area contributed by atoms with Crippen molar-refractivity contribution in [2.75, 3.05) is 13.1 Å². The van der Waals surface area contributed by atoms with E-state index in [0.29, 0.717) is 6.04 Å².